The van der Waals surface area contributed by atoms with Crippen LogP contribution in [-0.4, -0.2) is 27.9 Å². The van der Waals surface area contributed by atoms with E-state index in [9.17, 15) is 24.8 Å². The lowest BCUT2D eigenvalue weighted by molar-refractivity contribution is -0.385. The van der Waals surface area contributed by atoms with Crippen LogP contribution in [0.1, 0.15) is 36.7 Å². The number of nitro groups is 1. The molecular weight excluding hydrogens is 276 g/mol. The molecule has 0 radical (unpaired) electrons. The van der Waals surface area contributed by atoms with Gasteiger partial charge in [0.05, 0.1) is 4.92 Å². The summed E-state index contributed by atoms with van der Waals surface area (Å²) in [7, 11) is 0. The summed E-state index contributed by atoms with van der Waals surface area (Å²) in [6.07, 6.45) is 0. The topological polar surface area (TPSA) is 110 Å². The third kappa shape index (κ3) is 4.01. The number of amides is 1. The van der Waals surface area contributed by atoms with E-state index in [1.165, 1.54) is 25.1 Å². The first-order chi connectivity index (χ1) is 9.54. The van der Waals surface area contributed by atoms with Crippen molar-refractivity contribution in [3.63, 3.8) is 0 Å². The highest BCUT2D eigenvalue weighted by Gasteiger charge is 2.32. The number of nitrogens with one attached hydrogen (secondary N) is 1. The largest absolute Gasteiger partial charge is 0.480 e. The van der Waals surface area contributed by atoms with Crippen molar-refractivity contribution in [2.45, 2.75) is 33.7 Å². The fourth-order valence-corrected chi connectivity index (χ4v) is 1.86. The summed E-state index contributed by atoms with van der Waals surface area (Å²) < 4.78 is 0. The van der Waals surface area contributed by atoms with Gasteiger partial charge in [0.15, 0.2) is 0 Å². The van der Waals surface area contributed by atoms with Crippen LogP contribution in [0.5, 0.6) is 0 Å². The van der Waals surface area contributed by atoms with Gasteiger partial charge < -0.3 is 10.4 Å². The van der Waals surface area contributed by atoms with Crippen LogP contribution >= 0.6 is 0 Å². The number of carboxylic acid groups (broad SMARTS) is 1. The van der Waals surface area contributed by atoms with Gasteiger partial charge in [-0.3, -0.25) is 14.9 Å². The molecule has 0 unspecified atom stereocenters. The number of carbonyl (C=O) groups excluding carboxylic acids is 1. The monoisotopic (exact) mass is 294 g/mol. The van der Waals surface area contributed by atoms with Crippen molar-refractivity contribution in [2.24, 2.45) is 5.41 Å². The quantitative estimate of drug-likeness (QED) is 0.653. The van der Waals surface area contributed by atoms with Crippen molar-refractivity contribution in [1.82, 2.24) is 5.32 Å². The Kier molecular flexibility index (Phi) is 4.67. The number of aliphatic carboxylic acids is 1. The Morgan fingerprint density at radius 1 is 1.33 bits per heavy atom. The van der Waals surface area contributed by atoms with Gasteiger partial charge >= 0.3 is 5.97 Å². The van der Waals surface area contributed by atoms with Crippen molar-refractivity contribution in [2.75, 3.05) is 0 Å². The Morgan fingerprint density at radius 3 is 2.29 bits per heavy atom. The predicted octanol–water partition coefficient (Wildman–Crippen LogP) is 2.13. The van der Waals surface area contributed by atoms with Crippen molar-refractivity contribution in [3.8, 4) is 0 Å². The molecular formula is C14H18N2O5. The van der Waals surface area contributed by atoms with E-state index in [-0.39, 0.29) is 11.3 Å². The lowest BCUT2D eigenvalue weighted by Gasteiger charge is -2.27. The standard InChI is InChI=1S/C14H18N2O5/c1-8-7-9(5-6-10(8)16(20)21)12(17)15-11(13(18)19)14(2,3)4/h5-7,11H,1-4H3,(H,15,17)(H,18,19)/t11-/m0/s1. The molecule has 0 fully saturated rings. The first-order valence-corrected chi connectivity index (χ1v) is 6.32. The normalized spacial score (nSPS) is 12.6. The Balaban J connectivity index is 3.02. The summed E-state index contributed by atoms with van der Waals surface area (Å²) >= 11 is 0. The van der Waals surface area contributed by atoms with Crippen LogP contribution in [0, 0.1) is 22.5 Å². The fourth-order valence-electron chi connectivity index (χ4n) is 1.86. The molecule has 1 aromatic carbocycles. The van der Waals surface area contributed by atoms with Gasteiger partial charge in [0, 0.05) is 17.2 Å². The molecule has 0 aliphatic heterocycles. The third-order valence-corrected chi connectivity index (χ3v) is 3.04. The molecule has 0 saturated carbocycles. The highest BCUT2D eigenvalue weighted by molar-refractivity contribution is 5.97. The van der Waals surface area contributed by atoms with Gasteiger partial charge in [-0.05, 0) is 24.5 Å². The second kappa shape index (κ2) is 5.90. The molecule has 7 nitrogen and oxygen atoms in total. The molecule has 0 bridgehead atoms. The molecule has 1 amide bonds. The number of carboxylic acids is 1. The number of aryl methyl sites for hydroxylation is 1. The van der Waals surface area contributed by atoms with E-state index in [1.807, 2.05) is 0 Å². The Morgan fingerprint density at radius 2 is 1.90 bits per heavy atom. The zero-order valence-electron chi connectivity index (χ0n) is 12.3. The number of benzene rings is 1. The van der Waals surface area contributed by atoms with E-state index in [0.717, 1.165) is 0 Å². The van der Waals surface area contributed by atoms with Crippen molar-refractivity contribution in [3.05, 3.63) is 39.4 Å². The smallest absolute Gasteiger partial charge is 0.326 e. The summed E-state index contributed by atoms with van der Waals surface area (Å²) in [6.45, 7) is 6.63. The second-order valence-corrected chi connectivity index (χ2v) is 5.87. The maximum absolute atomic E-state index is 12.1. The van der Waals surface area contributed by atoms with E-state index in [2.05, 4.69) is 5.32 Å². The van der Waals surface area contributed by atoms with Crippen LogP contribution in [0.4, 0.5) is 5.69 Å². The summed E-state index contributed by atoms with van der Waals surface area (Å²) in [4.78, 5) is 33.5. The number of hydrogen-bond acceptors (Lipinski definition) is 4. The number of nitrogens with zero attached hydrogens (tertiary/aromatic N) is 1. The molecule has 7 heteroatoms. The molecule has 114 valence electrons. The summed E-state index contributed by atoms with van der Waals surface area (Å²) in [6, 6.07) is 2.86. The maximum Gasteiger partial charge on any atom is 0.326 e. The van der Waals surface area contributed by atoms with Gasteiger partial charge in [-0.1, -0.05) is 20.8 Å². The van der Waals surface area contributed by atoms with Crippen molar-refractivity contribution < 1.29 is 19.6 Å². The van der Waals surface area contributed by atoms with E-state index in [0.29, 0.717) is 5.56 Å². The summed E-state index contributed by atoms with van der Waals surface area (Å²) in [5, 5.41) is 22.3. The SMILES string of the molecule is Cc1cc(C(=O)N[C@@H](C(=O)O)C(C)(C)C)ccc1[N+](=O)[O-]. The second-order valence-electron chi connectivity index (χ2n) is 5.87. The highest BCUT2D eigenvalue weighted by Crippen LogP contribution is 2.21. The molecule has 0 aliphatic rings. The molecule has 0 aliphatic carbocycles. The Hall–Kier alpha value is -2.44. The van der Waals surface area contributed by atoms with E-state index in [4.69, 9.17) is 0 Å². The minimum absolute atomic E-state index is 0.0860. The predicted molar refractivity (Wildman–Crippen MR) is 76.2 cm³/mol. The Bertz CT molecular complexity index is 590. The van der Waals surface area contributed by atoms with E-state index in [1.54, 1.807) is 20.8 Å². The molecule has 1 aromatic rings. The molecule has 21 heavy (non-hydrogen) atoms. The van der Waals surface area contributed by atoms with Crippen LogP contribution in [-0.2, 0) is 4.79 Å². The first kappa shape index (κ1) is 16.6. The number of nitro benzene ring substituents is 1. The number of carbonyl (C=O) groups is 2. The average Bonchev–Trinajstić information content (AvgIpc) is 2.33. The average molecular weight is 294 g/mol. The van der Waals surface area contributed by atoms with Gasteiger partial charge in [-0.25, -0.2) is 4.79 Å². The van der Waals surface area contributed by atoms with Gasteiger partial charge in [-0.2, -0.15) is 0 Å². The molecule has 0 heterocycles. The summed E-state index contributed by atoms with van der Waals surface area (Å²) in [5.74, 6) is -1.70. The van der Waals surface area contributed by atoms with E-state index < -0.39 is 28.3 Å². The Labute approximate surface area is 122 Å². The zero-order valence-corrected chi connectivity index (χ0v) is 12.3. The van der Waals surface area contributed by atoms with Gasteiger partial charge in [-0.15, -0.1) is 0 Å². The molecule has 2 N–H and O–H groups in total. The number of rotatable bonds is 4. The van der Waals surface area contributed by atoms with Crippen molar-refractivity contribution in [1.29, 1.82) is 0 Å². The zero-order chi connectivity index (χ0) is 16.4. The van der Waals surface area contributed by atoms with Crippen LogP contribution in [0.15, 0.2) is 18.2 Å². The third-order valence-electron chi connectivity index (χ3n) is 3.04. The van der Waals surface area contributed by atoms with Crippen molar-refractivity contribution >= 4 is 17.6 Å². The first-order valence-electron chi connectivity index (χ1n) is 6.32. The minimum atomic E-state index is -1.13. The molecule has 1 rings (SSSR count). The molecule has 0 saturated heterocycles. The lowest BCUT2D eigenvalue weighted by atomic mass is 9.86. The minimum Gasteiger partial charge on any atom is -0.480 e. The molecule has 1 atom stereocenters. The van der Waals surface area contributed by atoms with Gasteiger partial charge in [0.1, 0.15) is 6.04 Å². The van der Waals surface area contributed by atoms with Gasteiger partial charge in [0.25, 0.3) is 11.6 Å². The number of hydrogen-bond donors (Lipinski definition) is 2. The fraction of sp³-hybridized carbons (Fsp3) is 0.429. The van der Waals surface area contributed by atoms with Crippen LogP contribution in [0.2, 0.25) is 0 Å². The van der Waals surface area contributed by atoms with Crippen LogP contribution in [0.25, 0.3) is 0 Å². The highest BCUT2D eigenvalue weighted by atomic mass is 16.6. The molecule has 0 spiro atoms. The van der Waals surface area contributed by atoms with Gasteiger partial charge in [0.2, 0.25) is 0 Å². The lowest BCUT2D eigenvalue weighted by Crippen LogP contribution is -2.49. The molecule has 0 aromatic heterocycles. The maximum atomic E-state index is 12.1. The van der Waals surface area contributed by atoms with E-state index >= 15 is 0 Å². The summed E-state index contributed by atoms with van der Waals surface area (Å²) in [5.41, 5.74) is -0.210. The van der Waals surface area contributed by atoms with Crippen LogP contribution in [0.3, 0.4) is 0 Å². The van der Waals surface area contributed by atoms with Crippen LogP contribution < -0.4 is 5.32 Å².